The monoisotopic (exact) mass is 422 g/mol. The molecule has 3 N–H and O–H groups in total. The molecule has 0 bridgehead atoms. The van der Waals surface area contributed by atoms with Gasteiger partial charge in [0, 0.05) is 43.5 Å². The van der Waals surface area contributed by atoms with E-state index in [9.17, 15) is 14.9 Å². The van der Waals surface area contributed by atoms with Crippen molar-refractivity contribution < 1.29 is 9.72 Å². The van der Waals surface area contributed by atoms with E-state index in [1.54, 1.807) is 12.1 Å². The van der Waals surface area contributed by atoms with Gasteiger partial charge in [-0.3, -0.25) is 19.8 Å². The minimum atomic E-state index is -0.691. The molecule has 2 aromatic rings. The predicted molar refractivity (Wildman–Crippen MR) is 110 cm³/mol. The lowest BCUT2D eigenvalue weighted by molar-refractivity contribution is -0.384. The first-order chi connectivity index (χ1) is 13.3. The van der Waals surface area contributed by atoms with Gasteiger partial charge in [0.25, 0.3) is 11.6 Å². The standard InChI is InChI=1S/C19H20Cl2N4O3/c20-16-3-1-12(9-17(16)21)11-24-7-5-13(6-8-24)23-18-4-2-14(25(27)28)10-15(18)19(22)26/h1-4,9-10,13,23H,5-8,11H2,(H2,22,26). The van der Waals surface area contributed by atoms with Crippen molar-refractivity contribution in [1.29, 1.82) is 0 Å². The fourth-order valence-electron chi connectivity index (χ4n) is 3.33. The van der Waals surface area contributed by atoms with Gasteiger partial charge in [0.05, 0.1) is 20.5 Å². The lowest BCUT2D eigenvalue weighted by Gasteiger charge is -2.33. The number of hydrogen-bond donors (Lipinski definition) is 2. The average molecular weight is 423 g/mol. The van der Waals surface area contributed by atoms with Gasteiger partial charge in [-0.05, 0) is 36.6 Å². The molecule has 0 radical (unpaired) electrons. The highest BCUT2D eigenvalue weighted by atomic mass is 35.5. The number of carbonyl (C=O) groups is 1. The molecule has 0 spiro atoms. The van der Waals surface area contributed by atoms with Crippen molar-refractivity contribution in [3.63, 3.8) is 0 Å². The summed E-state index contributed by atoms with van der Waals surface area (Å²) in [6, 6.07) is 9.93. The fraction of sp³-hybridized carbons (Fsp3) is 0.316. The normalized spacial score (nSPS) is 15.4. The molecule has 1 fully saturated rings. The molecule has 0 unspecified atom stereocenters. The van der Waals surface area contributed by atoms with Crippen LogP contribution in [0.1, 0.15) is 28.8 Å². The highest BCUT2D eigenvalue weighted by molar-refractivity contribution is 6.42. The Balaban J connectivity index is 1.60. The molecule has 1 saturated heterocycles. The third-order valence-electron chi connectivity index (χ3n) is 4.82. The lowest BCUT2D eigenvalue weighted by atomic mass is 10.0. The van der Waals surface area contributed by atoms with Gasteiger partial charge in [-0.2, -0.15) is 0 Å². The number of carbonyl (C=O) groups excluding carboxylic acids is 1. The Morgan fingerprint density at radius 3 is 2.50 bits per heavy atom. The molecule has 2 aromatic carbocycles. The van der Waals surface area contributed by atoms with Gasteiger partial charge in [0.15, 0.2) is 0 Å². The van der Waals surface area contributed by atoms with Crippen LogP contribution in [0.25, 0.3) is 0 Å². The molecule has 1 aliphatic heterocycles. The topological polar surface area (TPSA) is 102 Å². The molecule has 7 nitrogen and oxygen atoms in total. The molecule has 0 aromatic heterocycles. The second-order valence-corrected chi connectivity index (χ2v) is 7.61. The molecular weight excluding hydrogens is 403 g/mol. The van der Waals surface area contributed by atoms with Crippen molar-refractivity contribution in [2.45, 2.75) is 25.4 Å². The zero-order chi connectivity index (χ0) is 20.3. The molecular formula is C19H20Cl2N4O3. The summed E-state index contributed by atoms with van der Waals surface area (Å²) < 4.78 is 0. The van der Waals surface area contributed by atoms with Crippen molar-refractivity contribution >= 4 is 40.5 Å². The minimum absolute atomic E-state index is 0.132. The van der Waals surface area contributed by atoms with Gasteiger partial charge < -0.3 is 11.1 Å². The molecule has 28 heavy (non-hydrogen) atoms. The smallest absolute Gasteiger partial charge is 0.270 e. The number of anilines is 1. The number of likely N-dealkylation sites (tertiary alicyclic amines) is 1. The molecule has 9 heteroatoms. The van der Waals surface area contributed by atoms with E-state index in [0.717, 1.165) is 38.0 Å². The van der Waals surface area contributed by atoms with Crippen LogP contribution in [0.15, 0.2) is 36.4 Å². The molecule has 148 valence electrons. The van der Waals surface area contributed by atoms with Crippen LogP contribution in [0.5, 0.6) is 0 Å². The summed E-state index contributed by atoms with van der Waals surface area (Å²) >= 11 is 12.0. The van der Waals surface area contributed by atoms with Crippen molar-refractivity contribution in [2.75, 3.05) is 18.4 Å². The number of rotatable bonds is 6. The van der Waals surface area contributed by atoms with E-state index in [-0.39, 0.29) is 17.3 Å². The number of primary amides is 1. The molecule has 1 heterocycles. The number of halogens is 2. The van der Waals surface area contributed by atoms with Crippen LogP contribution < -0.4 is 11.1 Å². The quantitative estimate of drug-likeness (QED) is 0.539. The summed E-state index contributed by atoms with van der Waals surface area (Å²) in [7, 11) is 0. The summed E-state index contributed by atoms with van der Waals surface area (Å²) in [5.74, 6) is -0.691. The number of non-ortho nitro benzene ring substituents is 1. The number of nitrogens with zero attached hydrogens (tertiary/aromatic N) is 2. The maximum atomic E-state index is 11.7. The molecule has 1 amide bonds. The first kappa shape index (κ1) is 20.4. The second-order valence-electron chi connectivity index (χ2n) is 6.79. The number of hydrogen-bond acceptors (Lipinski definition) is 5. The lowest BCUT2D eigenvalue weighted by Crippen LogP contribution is -2.39. The number of benzene rings is 2. The number of nitro benzene ring substituents is 1. The number of piperidine rings is 1. The van der Waals surface area contributed by atoms with E-state index >= 15 is 0 Å². The second kappa shape index (κ2) is 8.77. The minimum Gasteiger partial charge on any atom is -0.382 e. The van der Waals surface area contributed by atoms with Gasteiger partial charge >= 0.3 is 0 Å². The summed E-state index contributed by atoms with van der Waals surface area (Å²) in [5.41, 5.74) is 7.00. The maximum absolute atomic E-state index is 11.7. The maximum Gasteiger partial charge on any atom is 0.270 e. The van der Waals surface area contributed by atoms with Crippen molar-refractivity contribution in [2.24, 2.45) is 5.73 Å². The van der Waals surface area contributed by atoms with Crippen molar-refractivity contribution in [3.8, 4) is 0 Å². The highest BCUT2D eigenvalue weighted by Crippen LogP contribution is 2.26. The molecule has 0 atom stereocenters. The van der Waals surface area contributed by atoms with E-state index < -0.39 is 10.8 Å². The van der Waals surface area contributed by atoms with Crippen molar-refractivity contribution in [3.05, 3.63) is 67.7 Å². The van der Waals surface area contributed by atoms with Crippen LogP contribution in [-0.2, 0) is 6.54 Å². The van der Waals surface area contributed by atoms with Crippen LogP contribution >= 0.6 is 23.2 Å². The summed E-state index contributed by atoms with van der Waals surface area (Å²) in [5, 5.41) is 15.3. The van der Waals surface area contributed by atoms with E-state index in [1.807, 2.05) is 12.1 Å². The first-order valence-electron chi connectivity index (χ1n) is 8.84. The molecule has 1 aliphatic rings. The summed E-state index contributed by atoms with van der Waals surface area (Å²) in [6.45, 7) is 2.53. The Bertz CT molecular complexity index is 899. The molecule has 0 aliphatic carbocycles. The van der Waals surface area contributed by atoms with E-state index in [4.69, 9.17) is 28.9 Å². The van der Waals surface area contributed by atoms with Gasteiger partial charge in [0.1, 0.15) is 0 Å². The Hall–Kier alpha value is -2.35. The zero-order valence-electron chi connectivity index (χ0n) is 15.0. The van der Waals surface area contributed by atoms with Crippen LogP contribution in [-0.4, -0.2) is 34.9 Å². The van der Waals surface area contributed by atoms with Gasteiger partial charge in [-0.25, -0.2) is 0 Å². The number of nitrogens with two attached hydrogens (primary N) is 1. The largest absolute Gasteiger partial charge is 0.382 e. The van der Waals surface area contributed by atoms with E-state index in [0.29, 0.717) is 15.7 Å². The summed E-state index contributed by atoms with van der Waals surface area (Å²) in [4.78, 5) is 24.4. The van der Waals surface area contributed by atoms with Crippen LogP contribution in [0.4, 0.5) is 11.4 Å². The van der Waals surface area contributed by atoms with Gasteiger partial charge in [0.2, 0.25) is 0 Å². The SMILES string of the molecule is NC(=O)c1cc([N+](=O)[O-])ccc1NC1CCN(Cc2ccc(Cl)c(Cl)c2)CC1. The van der Waals surface area contributed by atoms with Crippen LogP contribution in [0.3, 0.4) is 0 Å². The first-order valence-corrected chi connectivity index (χ1v) is 9.60. The number of amides is 1. The Morgan fingerprint density at radius 2 is 1.89 bits per heavy atom. The Kier molecular flexibility index (Phi) is 6.39. The Morgan fingerprint density at radius 1 is 1.18 bits per heavy atom. The van der Waals surface area contributed by atoms with Crippen molar-refractivity contribution in [1.82, 2.24) is 4.90 Å². The third-order valence-corrected chi connectivity index (χ3v) is 5.56. The van der Waals surface area contributed by atoms with Crippen LogP contribution in [0.2, 0.25) is 10.0 Å². The van der Waals surface area contributed by atoms with E-state index in [2.05, 4.69) is 10.2 Å². The molecule has 3 rings (SSSR count). The van der Waals surface area contributed by atoms with E-state index in [1.165, 1.54) is 12.1 Å². The average Bonchev–Trinajstić information content (AvgIpc) is 2.66. The molecule has 0 saturated carbocycles. The van der Waals surface area contributed by atoms with Crippen LogP contribution in [0, 0.1) is 10.1 Å². The Labute approximate surface area is 172 Å². The predicted octanol–water partition coefficient (Wildman–Crippen LogP) is 4.08. The zero-order valence-corrected chi connectivity index (χ0v) is 16.5. The fourth-order valence-corrected chi connectivity index (χ4v) is 3.65. The van der Waals surface area contributed by atoms with Gasteiger partial charge in [-0.1, -0.05) is 29.3 Å². The summed E-state index contributed by atoms with van der Waals surface area (Å²) in [6.07, 6.45) is 1.74. The number of nitro groups is 1. The highest BCUT2D eigenvalue weighted by Gasteiger charge is 2.22. The van der Waals surface area contributed by atoms with Gasteiger partial charge in [-0.15, -0.1) is 0 Å². The third kappa shape index (κ3) is 4.92. The number of nitrogens with one attached hydrogen (secondary N) is 1.